The predicted octanol–water partition coefficient (Wildman–Crippen LogP) is -0.767. The monoisotopic (exact) mass is 174 g/mol. The highest BCUT2D eigenvalue weighted by Crippen LogP contribution is 1.68. The van der Waals surface area contributed by atoms with E-state index < -0.39 is 0 Å². The van der Waals surface area contributed by atoms with Gasteiger partial charge in [-0.2, -0.15) is 0 Å². The molecule has 0 fully saturated rings. The molecular formula is C7H14N2O3. The van der Waals surface area contributed by atoms with Crippen LogP contribution in [0.4, 0.5) is 0 Å². The molecule has 5 heteroatoms. The Morgan fingerprint density at radius 2 is 2.00 bits per heavy atom. The normalized spacial score (nSPS) is 9.50. The van der Waals surface area contributed by atoms with Crippen LogP contribution in [0.2, 0.25) is 0 Å². The molecule has 0 bridgehead atoms. The molecule has 0 heterocycles. The highest BCUT2D eigenvalue weighted by atomic mass is 16.6. The molecule has 2 N–H and O–H groups in total. The zero-order valence-electron chi connectivity index (χ0n) is 7.35. The van der Waals surface area contributed by atoms with Gasteiger partial charge >= 0.3 is 0 Å². The summed E-state index contributed by atoms with van der Waals surface area (Å²) >= 11 is 0. The van der Waals surface area contributed by atoms with Gasteiger partial charge in [-0.1, -0.05) is 0 Å². The summed E-state index contributed by atoms with van der Waals surface area (Å²) in [5.41, 5.74) is 2.17. The Labute approximate surface area is 71.4 Å². The minimum Gasteiger partial charge on any atom is -0.308 e. The molecule has 0 aliphatic carbocycles. The van der Waals surface area contributed by atoms with Gasteiger partial charge in [0, 0.05) is 13.5 Å². The average Bonchev–Trinajstić information content (AvgIpc) is 1.95. The third-order valence-electron chi connectivity index (χ3n) is 0.971. The molecule has 12 heavy (non-hydrogen) atoms. The van der Waals surface area contributed by atoms with E-state index in [2.05, 4.69) is 10.8 Å². The van der Waals surface area contributed by atoms with E-state index >= 15 is 0 Å². The van der Waals surface area contributed by atoms with Crippen LogP contribution in [0.5, 0.6) is 0 Å². The lowest BCUT2D eigenvalue weighted by molar-refractivity contribution is -0.131. The molecule has 0 aromatic carbocycles. The van der Waals surface area contributed by atoms with Gasteiger partial charge in [-0.3, -0.25) is 14.4 Å². The van der Waals surface area contributed by atoms with Gasteiger partial charge in [0.2, 0.25) is 5.91 Å². The van der Waals surface area contributed by atoms with Crippen LogP contribution in [0.3, 0.4) is 0 Å². The lowest BCUT2D eigenvalue weighted by Crippen LogP contribution is -2.29. The van der Waals surface area contributed by atoms with Gasteiger partial charge in [-0.25, -0.2) is 5.48 Å². The molecule has 0 aliphatic rings. The molecule has 0 atom stereocenters. The molecule has 0 saturated heterocycles. The molecule has 0 aromatic heterocycles. The number of carbonyl (C=O) groups excluding carboxylic acids is 2. The van der Waals surface area contributed by atoms with E-state index in [0.717, 1.165) is 0 Å². The first kappa shape index (κ1) is 11.1. The molecule has 0 rings (SSSR count). The van der Waals surface area contributed by atoms with Crippen molar-refractivity contribution in [2.45, 2.75) is 13.8 Å². The van der Waals surface area contributed by atoms with Crippen molar-refractivity contribution in [1.82, 2.24) is 10.8 Å². The maximum absolute atomic E-state index is 10.4. The van der Waals surface area contributed by atoms with Gasteiger partial charge in [0.05, 0.1) is 13.2 Å². The van der Waals surface area contributed by atoms with Gasteiger partial charge in [-0.05, 0) is 6.92 Å². The molecule has 0 aliphatic heterocycles. The minimum atomic E-state index is -0.235. The Bertz CT molecular complexity index is 141. The zero-order chi connectivity index (χ0) is 9.40. The third-order valence-corrected chi connectivity index (χ3v) is 0.971. The van der Waals surface area contributed by atoms with Crippen LogP contribution in [-0.2, 0) is 14.4 Å². The Balaban J connectivity index is 3.01. The molecule has 0 spiro atoms. The Morgan fingerprint density at radius 3 is 2.50 bits per heavy atom. The first-order valence-corrected chi connectivity index (χ1v) is 3.71. The number of Topliss-reactive ketones (excluding diaryl/α,β-unsaturated/α-hetero) is 1. The second-order valence-electron chi connectivity index (χ2n) is 2.39. The largest absolute Gasteiger partial charge is 0.308 e. The number of amides is 1. The van der Waals surface area contributed by atoms with Gasteiger partial charge in [-0.15, -0.1) is 0 Å². The molecule has 1 amide bonds. The van der Waals surface area contributed by atoms with Crippen LogP contribution in [-0.4, -0.2) is 31.4 Å². The second kappa shape index (κ2) is 6.75. The zero-order valence-corrected chi connectivity index (χ0v) is 7.35. The first-order chi connectivity index (χ1) is 5.63. The fourth-order valence-electron chi connectivity index (χ4n) is 0.540. The first-order valence-electron chi connectivity index (χ1n) is 3.71. The number of carbonyl (C=O) groups is 2. The highest BCUT2D eigenvalue weighted by Gasteiger charge is 1.92. The number of hydroxylamine groups is 1. The lowest BCUT2D eigenvalue weighted by atomic mass is 10.4. The summed E-state index contributed by atoms with van der Waals surface area (Å²) in [6.45, 7) is 4.10. The van der Waals surface area contributed by atoms with Gasteiger partial charge in [0.1, 0.15) is 5.78 Å². The van der Waals surface area contributed by atoms with Crippen molar-refractivity contribution in [1.29, 1.82) is 0 Å². The molecule has 0 radical (unpaired) electrons. The lowest BCUT2D eigenvalue weighted by Gasteiger charge is -2.03. The summed E-state index contributed by atoms with van der Waals surface area (Å²) in [5, 5.41) is 2.83. The van der Waals surface area contributed by atoms with Crippen LogP contribution < -0.4 is 10.8 Å². The molecule has 70 valence electrons. The highest BCUT2D eigenvalue weighted by molar-refractivity contribution is 5.77. The van der Waals surface area contributed by atoms with E-state index in [1.807, 2.05) is 0 Å². The third kappa shape index (κ3) is 9.06. The number of nitrogens with one attached hydrogen (secondary N) is 2. The van der Waals surface area contributed by atoms with E-state index in [1.54, 1.807) is 0 Å². The topological polar surface area (TPSA) is 67.4 Å². The fourth-order valence-corrected chi connectivity index (χ4v) is 0.540. The van der Waals surface area contributed by atoms with E-state index in [-0.39, 0.29) is 11.7 Å². The maximum Gasteiger partial charge on any atom is 0.240 e. The number of hydrogen-bond acceptors (Lipinski definition) is 4. The minimum absolute atomic E-state index is 0.0783. The summed E-state index contributed by atoms with van der Waals surface area (Å²) < 4.78 is 0. The van der Waals surface area contributed by atoms with Gasteiger partial charge in [0.25, 0.3) is 0 Å². The Morgan fingerprint density at radius 1 is 1.33 bits per heavy atom. The van der Waals surface area contributed by atoms with E-state index in [4.69, 9.17) is 4.84 Å². The predicted molar refractivity (Wildman–Crippen MR) is 43.3 cm³/mol. The summed E-state index contributed by atoms with van der Waals surface area (Å²) in [7, 11) is 0. The quantitative estimate of drug-likeness (QED) is 0.410. The summed E-state index contributed by atoms with van der Waals surface area (Å²) in [5.74, 6) is -0.156. The smallest absolute Gasteiger partial charge is 0.240 e. The number of ketones is 1. The summed E-state index contributed by atoms with van der Waals surface area (Å²) in [6.07, 6.45) is 0. The molecule has 0 aromatic rings. The van der Waals surface area contributed by atoms with Crippen molar-refractivity contribution >= 4 is 11.7 Å². The summed E-state index contributed by atoms with van der Waals surface area (Å²) in [6, 6.07) is 0. The van der Waals surface area contributed by atoms with Crippen LogP contribution in [0.1, 0.15) is 13.8 Å². The Hall–Kier alpha value is -0.940. The SMILES string of the molecule is CC(=O)CNCCONC(C)=O. The van der Waals surface area contributed by atoms with Gasteiger partial charge < -0.3 is 5.32 Å². The second-order valence-corrected chi connectivity index (χ2v) is 2.39. The van der Waals surface area contributed by atoms with Crippen LogP contribution in [0.15, 0.2) is 0 Å². The van der Waals surface area contributed by atoms with Crippen molar-refractivity contribution in [2.24, 2.45) is 0 Å². The molecule has 0 unspecified atom stereocenters. The Kier molecular flexibility index (Phi) is 6.22. The molecular weight excluding hydrogens is 160 g/mol. The molecule has 5 nitrogen and oxygen atoms in total. The van der Waals surface area contributed by atoms with Crippen molar-refractivity contribution in [3.63, 3.8) is 0 Å². The van der Waals surface area contributed by atoms with Crippen molar-refractivity contribution in [2.75, 3.05) is 19.7 Å². The van der Waals surface area contributed by atoms with Crippen molar-refractivity contribution in [3.8, 4) is 0 Å². The van der Waals surface area contributed by atoms with Crippen molar-refractivity contribution in [3.05, 3.63) is 0 Å². The average molecular weight is 174 g/mol. The van der Waals surface area contributed by atoms with E-state index in [0.29, 0.717) is 19.7 Å². The maximum atomic E-state index is 10.4. The van der Waals surface area contributed by atoms with Crippen LogP contribution in [0.25, 0.3) is 0 Å². The number of hydrogen-bond donors (Lipinski definition) is 2. The van der Waals surface area contributed by atoms with Crippen LogP contribution in [0, 0.1) is 0 Å². The van der Waals surface area contributed by atoms with Crippen LogP contribution >= 0.6 is 0 Å². The summed E-state index contributed by atoms with van der Waals surface area (Å²) in [4.78, 5) is 25.4. The van der Waals surface area contributed by atoms with Crippen molar-refractivity contribution < 1.29 is 14.4 Å². The standard InChI is InChI=1S/C7H14N2O3/c1-6(10)5-8-3-4-12-9-7(2)11/h8H,3-5H2,1-2H3,(H,9,11). The van der Waals surface area contributed by atoms with Gasteiger partial charge in [0.15, 0.2) is 0 Å². The molecule has 0 saturated carbocycles. The fraction of sp³-hybridized carbons (Fsp3) is 0.714. The van der Waals surface area contributed by atoms with E-state index in [1.165, 1.54) is 13.8 Å². The van der Waals surface area contributed by atoms with E-state index in [9.17, 15) is 9.59 Å². The number of rotatable bonds is 6.